The van der Waals surface area contributed by atoms with E-state index in [1.54, 1.807) is 10.6 Å². The molecule has 29 heavy (non-hydrogen) atoms. The number of fused-ring (bicyclic) bond motifs is 1. The summed E-state index contributed by atoms with van der Waals surface area (Å²) in [5, 5.41) is 4.37. The van der Waals surface area contributed by atoms with Gasteiger partial charge in [0.25, 0.3) is 5.91 Å². The highest BCUT2D eigenvalue weighted by molar-refractivity contribution is 5.97. The number of hydrogen-bond donors (Lipinski definition) is 0. The van der Waals surface area contributed by atoms with E-state index in [0.29, 0.717) is 43.2 Å². The Kier molecular flexibility index (Phi) is 5.62. The smallest absolute Gasteiger partial charge is 0.350 e. The van der Waals surface area contributed by atoms with E-state index in [9.17, 15) is 9.59 Å². The van der Waals surface area contributed by atoms with Crippen LogP contribution in [0.2, 0.25) is 0 Å². The monoisotopic (exact) mass is 395 g/mol. The first-order chi connectivity index (χ1) is 14.2. The number of benzene rings is 1. The largest absolute Gasteiger partial charge is 0.493 e. The molecule has 0 radical (unpaired) electrons. The minimum Gasteiger partial charge on any atom is -0.493 e. The molecule has 2 aromatic heterocycles. The molecule has 8 heteroatoms. The summed E-state index contributed by atoms with van der Waals surface area (Å²) in [6, 6.07) is 12.9. The van der Waals surface area contributed by atoms with Crippen molar-refractivity contribution in [3.8, 4) is 5.75 Å². The number of amides is 1. The van der Waals surface area contributed by atoms with Crippen molar-refractivity contribution in [3.63, 3.8) is 0 Å². The van der Waals surface area contributed by atoms with Crippen molar-refractivity contribution >= 4 is 11.6 Å². The highest BCUT2D eigenvalue weighted by Crippen LogP contribution is 2.20. The van der Waals surface area contributed by atoms with E-state index >= 15 is 0 Å². The third kappa shape index (κ3) is 4.02. The van der Waals surface area contributed by atoms with Gasteiger partial charge in [-0.05, 0) is 31.2 Å². The van der Waals surface area contributed by atoms with Gasteiger partial charge in [0.05, 0.1) is 18.7 Å². The fourth-order valence-electron chi connectivity index (χ4n) is 3.62. The minimum absolute atomic E-state index is 0.00488. The molecule has 0 bridgehead atoms. The number of nitrogens with zero attached hydrogens (tertiary/aromatic N) is 5. The standard InChI is InChI=1S/C21H25N5O3/c1-2-29-18-8-4-3-7-17(18)20(27)24-14-11-23(12-15-24)13-16-26-21(28)25-10-6-5-9-19(25)22-26/h3-10H,2,11-16H2,1H3. The van der Waals surface area contributed by atoms with Crippen LogP contribution in [0.4, 0.5) is 0 Å². The molecule has 0 atom stereocenters. The molecule has 0 saturated carbocycles. The van der Waals surface area contributed by atoms with Gasteiger partial charge in [-0.3, -0.25) is 14.1 Å². The van der Waals surface area contributed by atoms with E-state index in [1.807, 2.05) is 54.3 Å². The maximum Gasteiger partial charge on any atom is 0.350 e. The SMILES string of the molecule is CCOc1ccccc1C(=O)N1CCN(CCn2nc3ccccn3c2=O)CC1. The normalized spacial score (nSPS) is 15.0. The lowest BCUT2D eigenvalue weighted by Gasteiger charge is -2.34. The summed E-state index contributed by atoms with van der Waals surface area (Å²) >= 11 is 0. The molecule has 1 amide bonds. The van der Waals surface area contributed by atoms with Crippen LogP contribution in [0.15, 0.2) is 53.5 Å². The maximum atomic E-state index is 12.9. The summed E-state index contributed by atoms with van der Waals surface area (Å²) in [7, 11) is 0. The van der Waals surface area contributed by atoms with Gasteiger partial charge in [0.1, 0.15) is 5.75 Å². The average molecular weight is 395 g/mol. The zero-order valence-corrected chi connectivity index (χ0v) is 16.5. The Morgan fingerprint density at radius 1 is 1.03 bits per heavy atom. The van der Waals surface area contributed by atoms with Crippen LogP contribution in [0.5, 0.6) is 5.75 Å². The predicted octanol–water partition coefficient (Wildman–Crippen LogP) is 1.35. The van der Waals surface area contributed by atoms with E-state index in [-0.39, 0.29) is 11.6 Å². The highest BCUT2D eigenvalue weighted by Gasteiger charge is 2.24. The molecule has 0 aliphatic carbocycles. The number of aromatic nitrogens is 3. The Bertz CT molecular complexity index is 1050. The number of carbonyl (C=O) groups is 1. The zero-order valence-electron chi connectivity index (χ0n) is 16.5. The van der Waals surface area contributed by atoms with Crippen LogP contribution in [-0.4, -0.2) is 69.2 Å². The fraction of sp³-hybridized carbons (Fsp3) is 0.381. The Labute approximate surface area is 168 Å². The Balaban J connectivity index is 1.34. The number of para-hydroxylation sites is 1. The second kappa shape index (κ2) is 8.48. The molecular weight excluding hydrogens is 370 g/mol. The van der Waals surface area contributed by atoms with Gasteiger partial charge in [-0.1, -0.05) is 18.2 Å². The minimum atomic E-state index is -0.123. The van der Waals surface area contributed by atoms with Crippen LogP contribution in [0.3, 0.4) is 0 Å². The van der Waals surface area contributed by atoms with Gasteiger partial charge in [-0.25, -0.2) is 9.48 Å². The zero-order chi connectivity index (χ0) is 20.2. The van der Waals surface area contributed by atoms with Gasteiger partial charge in [-0.2, -0.15) is 0 Å². The van der Waals surface area contributed by atoms with Crippen molar-refractivity contribution in [1.29, 1.82) is 0 Å². The first kappa shape index (κ1) is 19.2. The molecule has 0 unspecified atom stereocenters. The second-order valence-electron chi connectivity index (χ2n) is 7.00. The molecule has 1 aliphatic heterocycles. The van der Waals surface area contributed by atoms with E-state index in [4.69, 9.17) is 4.74 Å². The van der Waals surface area contributed by atoms with Crippen molar-refractivity contribution in [2.24, 2.45) is 0 Å². The third-order valence-electron chi connectivity index (χ3n) is 5.19. The third-order valence-corrected chi connectivity index (χ3v) is 5.19. The summed E-state index contributed by atoms with van der Waals surface area (Å²) in [6.07, 6.45) is 1.73. The van der Waals surface area contributed by atoms with Crippen LogP contribution in [0.25, 0.3) is 5.65 Å². The molecule has 4 rings (SSSR count). The van der Waals surface area contributed by atoms with Crippen molar-refractivity contribution in [3.05, 3.63) is 64.7 Å². The Morgan fingerprint density at radius 2 is 1.79 bits per heavy atom. The molecule has 1 aromatic carbocycles. The number of rotatable bonds is 6. The van der Waals surface area contributed by atoms with Gasteiger partial charge in [-0.15, -0.1) is 5.10 Å². The number of pyridine rings is 1. The summed E-state index contributed by atoms with van der Waals surface area (Å²) in [5.41, 5.74) is 1.14. The van der Waals surface area contributed by atoms with E-state index in [0.717, 1.165) is 19.6 Å². The Hall–Kier alpha value is -3.13. The van der Waals surface area contributed by atoms with E-state index in [2.05, 4.69) is 10.00 Å². The van der Waals surface area contributed by atoms with Crippen molar-refractivity contribution in [2.45, 2.75) is 13.5 Å². The number of piperazine rings is 1. The van der Waals surface area contributed by atoms with Crippen LogP contribution in [-0.2, 0) is 6.54 Å². The van der Waals surface area contributed by atoms with Gasteiger partial charge in [0.15, 0.2) is 5.65 Å². The van der Waals surface area contributed by atoms with Gasteiger partial charge >= 0.3 is 5.69 Å². The number of hydrogen-bond acceptors (Lipinski definition) is 5. The number of carbonyl (C=O) groups excluding carboxylic acids is 1. The fourth-order valence-corrected chi connectivity index (χ4v) is 3.62. The first-order valence-corrected chi connectivity index (χ1v) is 9.95. The van der Waals surface area contributed by atoms with Crippen LogP contribution in [0.1, 0.15) is 17.3 Å². The summed E-state index contributed by atoms with van der Waals surface area (Å²) in [4.78, 5) is 29.4. The van der Waals surface area contributed by atoms with Crippen molar-refractivity contribution < 1.29 is 9.53 Å². The van der Waals surface area contributed by atoms with Crippen LogP contribution >= 0.6 is 0 Å². The highest BCUT2D eigenvalue weighted by atomic mass is 16.5. The molecular formula is C21H25N5O3. The first-order valence-electron chi connectivity index (χ1n) is 9.95. The lowest BCUT2D eigenvalue weighted by atomic mass is 10.1. The molecule has 3 aromatic rings. The molecule has 1 aliphatic rings. The van der Waals surface area contributed by atoms with Crippen LogP contribution < -0.4 is 10.4 Å². The molecule has 8 nitrogen and oxygen atoms in total. The van der Waals surface area contributed by atoms with Gasteiger partial charge < -0.3 is 9.64 Å². The second-order valence-corrected chi connectivity index (χ2v) is 7.00. The van der Waals surface area contributed by atoms with Crippen LogP contribution in [0, 0.1) is 0 Å². The molecule has 1 fully saturated rings. The summed E-state index contributed by atoms with van der Waals surface area (Å²) in [5.74, 6) is 0.638. The molecule has 1 saturated heterocycles. The van der Waals surface area contributed by atoms with Gasteiger partial charge in [0, 0.05) is 38.9 Å². The lowest BCUT2D eigenvalue weighted by molar-refractivity contribution is 0.0627. The topological polar surface area (TPSA) is 72.1 Å². The van der Waals surface area contributed by atoms with Crippen molar-refractivity contribution in [2.75, 3.05) is 39.3 Å². The molecule has 0 N–H and O–H groups in total. The van der Waals surface area contributed by atoms with Gasteiger partial charge in [0.2, 0.25) is 0 Å². The Morgan fingerprint density at radius 3 is 2.55 bits per heavy atom. The quantitative estimate of drug-likeness (QED) is 0.630. The summed E-state index contributed by atoms with van der Waals surface area (Å²) < 4.78 is 8.65. The average Bonchev–Trinajstić information content (AvgIpc) is 3.09. The lowest BCUT2D eigenvalue weighted by Crippen LogP contribution is -2.49. The van der Waals surface area contributed by atoms with E-state index in [1.165, 1.54) is 4.68 Å². The summed E-state index contributed by atoms with van der Waals surface area (Å²) in [6.45, 7) is 6.53. The maximum absolute atomic E-state index is 12.9. The van der Waals surface area contributed by atoms with Crippen molar-refractivity contribution in [1.82, 2.24) is 24.0 Å². The molecule has 0 spiro atoms. The molecule has 3 heterocycles. The number of ether oxygens (including phenoxy) is 1. The predicted molar refractivity (Wildman–Crippen MR) is 109 cm³/mol. The van der Waals surface area contributed by atoms with E-state index < -0.39 is 0 Å². The molecule has 152 valence electrons.